The second-order valence-electron chi connectivity index (χ2n) is 6.04. The van der Waals surface area contributed by atoms with Gasteiger partial charge in [0.15, 0.2) is 0 Å². The van der Waals surface area contributed by atoms with E-state index < -0.39 is 5.91 Å². The van der Waals surface area contributed by atoms with Gasteiger partial charge in [-0.3, -0.25) is 19.3 Å². The summed E-state index contributed by atoms with van der Waals surface area (Å²) in [4.78, 5) is 37.9. The summed E-state index contributed by atoms with van der Waals surface area (Å²) in [5.41, 5.74) is 1.44. The average molecular weight is 419 g/mol. The van der Waals surface area contributed by atoms with Gasteiger partial charge in [0.25, 0.3) is 11.1 Å². The molecule has 0 spiro atoms. The number of hydrogen-bond donors (Lipinski definition) is 1. The van der Waals surface area contributed by atoms with E-state index in [1.807, 2.05) is 0 Å². The normalized spacial score (nSPS) is 15.4. The summed E-state index contributed by atoms with van der Waals surface area (Å²) in [6.45, 7) is 0.226. The summed E-state index contributed by atoms with van der Waals surface area (Å²) in [5, 5.41) is 2.87. The summed E-state index contributed by atoms with van der Waals surface area (Å²) in [6, 6.07) is 12.6. The Bertz CT molecular complexity index is 929. The first-order chi connectivity index (χ1) is 13.4. The molecule has 1 heterocycles. The van der Waals surface area contributed by atoms with Gasteiger partial charge in [0.05, 0.1) is 11.3 Å². The number of nitrogens with one attached hydrogen (secondary N) is 1. The van der Waals surface area contributed by atoms with Gasteiger partial charge >= 0.3 is 0 Å². The van der Waals surface area contributed by atoms with Gasteiger partial charge in [-0.2, -0.15) is 0 Å². The average Bonchev–Trinajstić information content (AvgIpc) is 2.93. The third-order valence-electron chi connectivity index (χ3n) is 3.98. The summed E-state index contributed by atoms with van der Waals surface area (Å²) in [7, 11) is 0. The van der Waals surface area contributed by atoms with Crippen molar-refractivity contribution in [1.82, 2.24) is 10.2 Å². The predicted molar refractivity (Wildman–Crippen MR) is 107 cm³/mol. The van der Waals surface area contributed by atoms with E-state index >= 15 is 0 Å². The smallest absolute Gasteiger partial charge is 0.293 e. The molecule has 0 radical (unpaired) electrons. The van der Waals surface area contributed by atoms with Crippen molar-refractivity contribution in [3.8, 4) is 0 Å². The number of amides is 3. The van der Waals surface area contributed by atoms with Gasteiger partial charge in [0.2, 0.25) is 5.91 Å². The largest absolute Gasteiger partial charge is 0.354 e. The lowest BCUT2D eigenvalue weighted by atomic mass is 10.1. The van der Waals surface area contributed by atoms with E-state index in [9.17, 15) is 18.8 Å². The molecular weight excluding hydrogens is 403 g/mol. The fraction of sp³-hybridized carbons (Fsp3) is 0.150. The fourth-order valence-electron chi connectivity index (χ4n) is 2.56. The van der Waals surface area contributed by atoms with Gasteiger partial charge < -0.3 is 5.32 Å². The third-order valence-corrected chi connectivity index (χ3v) is 5.14. The molecule has 1 fully saturated rings. The molecule has 0 bridgehead atoms. The lowest BCUT2D eigenvalue weighted by molar-refractivity contribution is -0.124. The monoisotopic (exact) mass is 418 g/mol. The van der Waals surface area contributed by atoms with Crippen LogP contribution in [0.1, 0.15) is 11.1 Å². The van der Waals surface area contributed by atoms with E-state index in [0.717, 1.165) is 22.2 Å². The van der Waals surface area contributed by atoms with Crippen molar-refractivity contribution in [3.05, 3.63) is 75.4 Å². The van der Waals surface area contributed by atoms with E-state index in [-0.39, 0.29) is 36.5 Å². The van der Waals surface area contributed by atoms with Crippen molar-refractivity contribution in [1.29, 1.82) is 0 Å². The van der Waals surface area contributed by atoms with Crippen LogP contribution >= 0.6 is 23.4 Å². The molecule has 1 aliphatic rings. The van der Waals surface area contributed by atoms with E-state index in [4.69, 9.17) is 11.6 Å². The van der Waals surface area contributed by atoms with Gasteiger partial charge in [-0.05, 0) is 53.2 Å². The van der Waals surface area contributed by atoms with Crippen LogP contribution in [0.4, 0.5) is 9.18 Å². The highest BCUT2D eigenvalue weighted by Gasteiger charge is 2.34. The number of carbonyl (C=O) groups is 3. The van der Waals surface area contributed by atoms with Gasteiger partial charge in [-0.25, -0.2) is 4.39 Å². The summed E-state index contributed by atoms with van der Waals surface area (Å²) < 4.78 is 12.9. The Morgan fingerprint density at radius 1 is 1.11 bits per heavy atom. The number of thioether (sulfide) groups is 1. The number of nitrogens with zero attached hydrogens (tertiary/aromatic N) is 1. The molecule has 3 rings (SSSR count). The molecule has 1 N–H and O–H groups in total. The minimum Gasteiger partial charge on any atom is -0.354 e. The lowest BCUT2D eigenvalue weighted by Crippen LogP contribution is -2.37. The molecule has 8 heteroatoms. The number of hydrogen-bond acceptors (Lipinski definition) is 4. The maximum absolute atomic E-state index is 12.9. The van der Waals surface area contributed by atoms with Crippen molar-refractivity contribution in [2.75, 3.05) is 13.1 Å². The zero-order valence-electron chi connectivity index (χ0n) is 14.7. The number of benzene rings is 2. The second-order valence-corrected chi connectivity index (χ2v) is 7.47. The summed E-state index contributed by atoms with van der Waals surface area (Å²) in [6.07, 6.45) is 1.73. The highest BCUT2D eigenvalue weighted by atomic mass is 35.5. The topological polar surface area (TPSA) is 66.5 Å². The molecule has 0 aliphatic carbocycles. The van der Waals surface area contributed by atoms with Crippen molar-refractivity contribution in [2.45, 2.75) is 6.42 Å². The first kappa shape index (κ1) is 20.1. The Balaban J connectivity index is 1.52. The molecule has 1 aliphatic heterocycles. The van der Waals surface area contributed by atoms with Crippen LogP contribution in [-0.2, 0) is 16.0 Å². The van der Waals surface area contributed by atoms with E-state index in [2.05, 4.69) is 5.32 Å². The van der Waals surface area contributed by atoms with Crippen molar-refractivity contribution < 1.29 is 18.8 Å². The molecule has 0 atom stereocenters. The molecule has 0 aromatic heterocycles. The van der Waals surface area contributed by atoms with Crippen LogP contribution in [0.3, 0.4) is 0 Å². The first-order valence-corrected chi connectivity index (χ1v) is 9.64. The fourth-order valence-corrected chi connectivity index (χ4v) is 3.55. The molecule has 0 unspecified atom stereocenters. The Hall–Kier alpha value is -2.64. The molecule has 5 nitrogen and oxygen atoms in total. The minimum atomic E-state index is -0.391. The third kappa shape index (κ3) is 5.21. The summed E-state index contributed by atoms with van der Waals surface area (Å²) >= 11 is 6.70. The SMILES string of the molecule is O=C(Cc1ccc(F)cc1)NCCN1C(=O)S/C(=C/c2ccc(Cl)cc2)C1=O. The maximum Gasteiger partial charge on any atom is 0.293 e. The highest BCUT2D eigenvalue weighted by Crippen LogP contribution is 2.32. The number of rotatable bonds is 6. The molecule has 28 heavy (non-hydrogen) atoms. The van der Waals surface area contributed by atoms with Crippen LogP contribution in [0.2, 0.25) is 5.02 Å². The predicted octanol–water partition coefficient (Wildman–Crippen LogP) is 3.87. The Morgan fingerprint density at radius 2 is 1.79 bits per heavy atom. The Labute approximate surface area is 170 Å². The van der Waals surface area contributed by atoms with Crippen LogP contribution < -0.4 is 5.32 Å². The van der Waals surface area contributed by atoms with Gasteiger partial charge in [0.1, 0.15) is 5.82 Å². The van der Waals surface area contributed by atoms with Crippen LogP contribution in [0.25, 0.3) is 6.08 Å². The molecular formula is C20H16ClFN2O3S. The number of carbonyl (C=O) groups excluding carboxylic acids is 3. The van der Waals surface area contributed by atoms with Gasteiger partial charge in [-0.1, -0.05) is 35.9 Å². The van der Waals surface area contributed by atoms with Gasteiger partial charge in [-0.15, -0.1) is 0 Å². The van der Waals surface area contributed by atoms with E-state index in [1.54, 1.807) is 30.3 Å². The first-order valence-electron chi connectivity index (χ1n) is 8.44. The van der Waals surface area contributed by atoms with Crippen molar-refractivity contribution in [2.24, 2.45) is 0 Å². The molecule has 2 aromatic rings. The van der Waals surface area contributed by atoms with Crippen LogP contribution in [0, 0.1) is 5.82 Å². The zero-order valence-corrected chi connectivity index (χ0v) is 16.2. The lowest BCUT2D eigenvalue weighted by Gasteiger charge is -2.13. The second kappa shape index (κ2) is 9.03. The standard InChI is InChI=1S/C20H16ClFN2O3S/c21-15-5-1-13(2-6-15)11-17-19(26)24(20(27)28-17)10-9-23-18(25)12-14-3-7-16(22)8-4-14/h1-8,11H,9-10,12H2,(H,23,25)/b17-11+. The molecule has 1 saturated heterocycles. The summed E-state index contributed by atoms with van der Waals surface area (Å²) in [5.74, 6) is -1.02. The number of imide groups is 1. The molecule has 3 amide bonds. The van der Waals surface area contributed by atoms with Crippen LogP contribution in [0.5, 0.6) is 0 Å². The van der Waals surface area contributed by atoms with Crippen molar-refractivity contribution >= 4 is 46.5 Å². The number of halogens is 2. The van der Waals surface area contributed by atoms with Crippen LogP contribution in [0.15, 0.2) is 53.4 Å². The zero-order chi connectivity index (χ0) is 20.1. The molecule has 144 valence electrons. The van der Waals surface area contributed by atoms with E-state index in [1.165, 1.54) is 24.3 Å². The van der Waals surface area contributed by atoms with E-state index in [0.29, 0.717) is 15.5 Å². The van der Waals surface area contributed by atoms with Crippen molar-refractivity contribution in [3.63, 3.8) is 0 Å². The molecule has 0 saturated carbocycles. The van der Waals surface area contributed by atoms with Gasteiger partial charge in [0, 0.05) is 18.1 Å². The highest BCUT2D eigenvalue weighted by molar-refractivity contribution is 8.18. The Morgan fingerprint density at radius 3 is 2.46 bits per heavy atom. The quantitative estimate of drug-likeness (QED) is 0.723. The Kier molecular flexibility index (Phi) is 6.49. The molecule has 2 aromatic carbocycles. The minimum absolute atomic E-state index is 0.0811. The van der Waals surface area contributed by atoms with Crippen LogP contribution in [-0.4, -0.2) is 35.0 Å². The maximum atomic E-state index is 12.9.